The van der Waals surface area contributed by atoms with Crippen LogP contribution in [0.3, 0.4) is 0 Å². The monoisotopic (exact) mass is 411 g/mol. The molecule has 1 amide bonds. The highest BCUT2D eigenvalue weighted by Crippen LogP contribution is 2.22. The molecule has 0 aliphatic rings. The van der Waals surface area contributed by atoms with Crippen molar-refractivity contribution in [3.63, 3.8) is 0 Å². The Kier molecular flexibility index (Phi) is 6.70. The summed E-state index contributed by atoms with van der Waals surface area (Å²) in [7, 11) is 0. The smallest absolute Gasteiger partial charge is 0.261 e. The highest BCUT2D eigenvalue weighted by molar-refractivity contribution is 6.31. The minimum atomic E-state index is -0.320. The molecule has 6 heteroatoms. The summed E-state index contributed by atoms with van der Waals surface area (Å²) in [6, 6.07) is 14.7. The summed E-state index contributed by atoms with van der Waals surface area (Å²) in [6.07, 6.45) is 1.10. The Morgan fingerprint density at radius 1 is 1.17 bits per heavy atom. The molecule has 0 saturated carbocycles. The molecule has 2 aromatic carbocycles. The van der Waals surface area contributed by atoms with Gasteiger partial charge in [-0.2, -0.15) is 0 Å². The third-order valence-electron chi connectivity index (χ3n) is 5.24. The maximum absolute atomic E-state index is 13.0. The van der Waals surface area contributed by atoms with Crippen LogP contribution in [0.4, 0.5) is 0 Å². The molecule has 5 nitrogen and oxygen atoms in total. The number of rotatable bonds is 7. The number of carbonyl (C=O) groups is 1. The quantitative estimate of drug-likeness (QED) is 0.570. The van der Waals surface area contributed by atoms with E-state index in [1.807, 2.05) is 51.1 Å². The second-order valence-corrected chi connectivity index (χ2v) is 7.46. The Labute approximate surface area is 175 Å². The van der Waals surface area contributed by atoms with E-state index in [1.165, 1.54) is 0 Å². The van der Waals surface area contributed by atoms with Gasteiger partial charge in [0.15, 0.2) is 0 Å². The van der Waals surface area contributed by atoms with E-state index in [1.54, 1.807) is 27.7 Å². The van der Waals surface area contributed by atoms with Gasteiger partial charge in [-0.3, -0.25) is 14.2 Å². The van der Waals surface area contributed by atoms with Gasteiger partial charge in [-0.05, 0) is 51.0 Å². The minimum Gasteiger partial charge on any atom is -0.333 e. The average molecular weight is 412 g/mol. The molecule has 0 aliphatic heterocycles. The number of benzene rings is 2. The fourth-order valence-corrected chi connectivity index (χ4v) is 3.85. The van der Waals surface area contributed by atoms with Gasteiger partial charge in [0, 0.05) is 24.5 Å². The van der Waals surface area contributed by atoms with Gasteiger partial charge in [-0.1, -0.05) is 41.9 Å². The summed E-state index contributed by atoms with van der Waals surface area (Å²) in [5, 5.41) is 1.06. The Balaban J connectivity index is 1.92. The minimum absolute atomic E-state index is 0.0481. The van der Waals surface area contributed by atoms with Crippen molar-refractivity contribution in [2.45, 2.75) is 46.2 Å². The van der Waals surface area contributed by atoms with Crippen molar-refractivity contribution >= 4 is 28.4 Å². The van der Waals surface area contributed by atoms with Gasteiger partial charge in [0.05, 0.1) is 16.9 Å². The molecule has 0 spiro atoms. The normalized spacial score (nSPS) is 12.1. The lowest BCUT2D eigenvalue weighted by atomic mass is 10.1. The molecule has 0 bridgehead atoms. The molecule has 0 saturated heterocycles. The van der Waals surface area contributed by atoms with Crippen LogP contribution in [-0.2, 0) is 17.8 Å². The maximum Gasteiger partial charge on any atom is 0.261 e. The maximum atomic E-state index is 13.0. The molecule has 29 heavy (non-hydrogen) atoms. The molecule has 0 N–H and O–H groups in total. The van der Waals surface area contributed by atoms with E-state index < -0.39 is 0 Å². The molecule has 0 fully saturated rings. The van der Waals surface area contributed by atoms with E-state index in [2.05, 4.69) is 0 Å². The van der Waals surface area contributed by atoms with E-state index in [4.69, 9.17) is 16.6 Å². The molecule has 3 rings (SSSR count). The number of hydrogen-bond donors (Lipinski definition) is 0. The summed E-state index contributed by atoms with van der Waals surface area (Å²) >= 11 is 6.10. The first-order chi connectivity index (χ1) is 14.0. The van der Waals surface area contributed by atoms with Crippen LogP contribution < -0.4 is 5.56 Å². The van der Waals surface area contributed by atoms with Crippen molar-refractivity contribution in [3.8, 4) is 0 Å². The zero-order chi connectivity index (χ0) is 21.0. The van der Waals surface area contributed by atoms with Crippen molar-refractivity contribution in [1.82, 2.24) is 14.5 Å². The van der Waals surface area contributed by atoms with Gasteiger partial charge in [0.1, 0.15) is 5.82 Å². The number of aryl methyl sites for hydroxylation is 1. The Bertz CT molecular complexity index is 1060. The van der Waals surface area contributed by atoms with Crippen molar-refractivity contribution in [3.05, 3.63) is 75.3 Å². The Hall–Kier alpha value is -2.66. The standard InChI is InChI=1S/C23H26ClN3O2/c1-4-26(21(28)14-11-17-9-7-6-8-10-17)16(3)22-25-20-15-18(24)12-13-19(20)23(29)27(22)5-2/h6-10,12-13,15-16H,4-5,11,14H2,1-3H3. The molecule has 1 aromatic heterocycles. The van der Waals surface area contributed by atoms with E-state index in [0.717, 1.165) is 5.56 Å². The molecular formula is C23H26ClN3O2. The van der Waals surface area contributed by atoms with E-state index in [9.17, 15) is 9.59 Å². The topological polar surface area (TPSA) is 55.2 Å². The predicted molar refractivity (Wildman–Crippen MR) is 117 cm³/mol. The number of hydrogen-bond acceptors (Lipinski definition) is 3. The lowest BCUT2D eigenvalue weighted by Gasteiger charge is -2.29. The molecule has 1 heterocycles. The Morgan fingerprint density at radius 3 is 2.55 bits per heavy atom. The van der Waals surface area contributed by atoms with Crippen LogP contribution in [0, 0.1) is 0 Å². The van der Waals surface area contributed by atoms with Gasteiger partial charge in [-0.25, -0.2) is 4.98 Å². The second-order valence-electron chi connectivity index (χ2n) is 7.02. The molecule has 152 valence electrons. The van der Waals surface area contributed by atoms with Crippen LogP contribution >= 0.6 is 11.6 Å². The molecule has 1 unspecified atom stereocenters. The first-order valence-corrected chi connectivity index (χ1v) is 10.4. The average Bonchev–Trinajstić information content (AvgIpc) is 2.73. The third kappa shape index (κ3) is 4.51. The fraction of sp³-hybridized carbons (Fsp3) is 0.348. The predicted octanol–water partition coefficient (Wildman–Crippen LogP) is 4.61. The number of nitrogens with zero attached hydrogens (tertiary/aromatic N) is 3. The lowest BCUT2D eigenvalue weighted by molar-refractivity contribution is -0.133. The summed E-state index contributed by atoms with van der Waals surface area (Å²) in [5.74, 6) is 0.633. The van der Waals surface area contributed by atoms with Gasteiger partial charge in [0.25, 0.3) is 5.56 Å². The molecule has 1 atom stereocenters. The van der Waals surface area contributed by atoms with Gasteiger partial charge < -0.3 is 4.90 Å². The number of fused-ring (bicyclic) bond motifs is 1. The lowest BCUT2D eigenvalue weighted by Crippen LogP contribution is -2.37. The fourth-order valence-electron chi connectivity index (χ4n) is 3.68. The van der Waals surface area contributed by atoms with Crippen molar-refractivity contribution < 1.29 is 4.79 Å². The van der Waals surface area contributed by atoms with Crippen LogP contribution in [0.5, 0.6) is 0 Å². The summed E-state index contributed by atoms with van der Waals surface area (Å²) in [6.45, 7) is 6.81. The van der Waals surface area contributed by atoms with Crippen LogP contribution in [0.15, 0.2) is 53.3 Å². The third-order valence-corrected chi connectivity index (χ3v) is 5.47. The van der Waals surface area contributed by atoms with Crippen molar-refractivity contribution in [2.75, 3.05) is 6.54 Å². The van der Waals surface area contributed by atoms with Gasteiger partial charge in [0.2, 0.25) is 5.91 Å². The summed E-state index contributed by atoms with van der Waals surface area (Å²) < 4.78 is 1.65. The zero-order valence-corrected chi connectivity index (χ0v) is 17.8. The Morgan fingerprint density at radius 2 is 1.90 bits per heavy atom. The largest absolute Gasteiger partial charge is 0.333 e. The SMILES string of the molecule is CCN(C(=O)CCc1ccccc1)C(C)c1nc2cc(Cl)ccc2c(=O)n1CC. The van der Waals surface area contributed by atoms with Crippen LogP contribution in [0.1, 0.15) is 44.6 Å². The van der Waals surface area contributed by atoms with Crippen LogP contribution in [0.25, 0.3) is 10.9 Å². The number of carbonyl (C=O) groups excluding carboxylic acids is 1. The first kappa shape index (κ1) is 21.1. The molecule has 3 aromatic rings. The first-order valence-electron chi connectivity index (χ1n) is 9.99. The number of amides is 1. The van der Waals surface area contributed by atoms with Crippen molar-refractivity contribution in [1.29, 1.82) is 0 Å². The molecule has 0 radical (unpaired) electrons. The highest BCUT2D eigenvalue weighted by atomic mass is 35.5. The van der Waals surface area contributed by atoms with Crippen LogP contribution in [0.2, 0.25) is 5.02 Å². The van der Waals surface area contributed by atoms with Crippen molar-refractivity contribution in [2.24, 2.45) is 0 Å². The zero-order valence-electron chi connectivity index (χ0n) is 17.1. The van der Waals surface area contributed by atoms with Gasteiger partial charge >= 0.3 is 0 Å². The second kappa shape index (κ2) is 9.23. The van der Waals surface area contributed by atoms with E-state index >= 15 is 0 Å². The molecule has 0 aliphatic carbocycles. The molecular weight excluding hydrogens is 386 g/mol. The van der Waals surface area contributed by atoms with Crippen LogP contribution in [-0.4, -0.2) is 26.9 Å². The number of halogens is 1. The summed E-state index contributed by atoms with van der Waals surface area (Å²) in [5.41, 5.74) is 1.58. The summed E-state index contributed by atoms with van der Waals surface area (Å²) in [4.78, 5) is 32.4. The highest BCUT2D eigenvalue weighted by Gasteiger charge is 2.24. The van der Waals surface area contributed by atoms with Gasteiger partial charge in [-0.15, -0.1) is 0 Å². The van der Waals surface area contributed by atoms with E-state index in [0.29, 0.717) is 47.7 Å². The van der Waals surface area contributed by atoms with E-state index in [-0.39, 0.29) is 17.5 Å². The number of aromatic nitrogens is 2.